The average molecular weight is 643 g/mol. The van der Waals surface area contributed by atoms with Crippen LogP contribution in [0.5, 0.6) is 5.75 Å². The van der Waals surface area contributed by atoms with Crippen molar-refractivity contribution in [3.8, 4) is 16.9 Å². The van der Waals surface area contributed by atoms with Crippen LogP contribution in [-0.2, 0) is 16.0 Å². The zero-order chi connectivity index (χ0) is 30.1. The third-order valence-electron chi connectivity index (χ3n) is 7.31. The minimum absolute atomic E-state index is 0.0755. The molecule has 43 heavy (non-hydrogen) atoms. The molecule has 0 unspecified atom stereocenters. The van der Waals surface area contributed by atoms with E-state index in [1.165, 1.54) is 0 Å². The van der Waals surface area contributed by atoms with Gasteiger partial charge in [0.25, 0.3) is 5.91 Å². The molecule has 0 radical (unpaired) electrons. The largest absolute Gasteiger partial charge is 0.494 e. The molecule has 1 amide bonds. The second-order valence-corrected chi connectivity index (χ2v) is 11.4. The summed E-state index contributed by atoms with van der Waals surface area (Å²) in [6.45, 7) is 3.17. The SMILES string of the molecule is CCCNNC(=O)[C@@]1(Cc2ccc(Br)cc2)N=C(c2ccc(OCCCO)cc2)O[C@H]1c1ccc(-c2ccccc2)cc1. The molecule has 0 aromatic heterocycles. The first kappa shape index (κ1) is 30.5. The van der Waals surface area contributed by atoms with Gasteiger partial charge in [0, 0.05) is 36.0 Å². The maximum absolute atomic E-state index is 14.2. The number of rotatable bonds is 13. The standard InChI is InChI=1S/C35H36BrN3O4/c1-2-21-37-39-34(41)35(24-25-9-17-30(36)18-10-25)32(28-13-11-27(12-14-28)26-7-4-3-5-8-26)43-33(38-35)29-15-19-31(20-16-29)42-23-6-22-40/h3-5,7-20,32,37,40H,2,6,21-24H2,1H3,(H,39,41)/t32-,35-/m0/s1. The first-order chi connectivity index (χ1) is 21.0. The van der Waals surface area contributed by atoms with Gasteiger partial charge in [0.05, 0.1) is 6.61 Å². The molecule has 4 aromatic carbocycles. The van der Waals surface area contributed by atoms with Gasteiger partial charge in [-0.1, -0.05) is 89.6 Å². The molecule has 4 aromatic rings. The highest BCUT2D eigenvalue weighted by Crippen LogP contribution is 2.43. The van der Waals surface area contributed by atoms with Crippen LogP contribution in [0, 0.1) is 0 Å². The molecular formula is C35H36BrN3O4. The van der Waals surface area contributed by atoms with Gasteiger partial charge in [-0.2, -0.15) is 0 Å². The van der Waals surface area contributed by atoms with Crippen LogP contribution in [0.4, 0.5) is 0 Å². The molecule has 1 aliphatic rings. The van der Waals surface area contributed by atoms with Crippen LogP contribution in [0.3, 0.4) is 0 Å². The number of carbonyl (C=O) groups is 1. The summed E-state index contributed by atoms with van der Waals surface area (Å²) in [6, 6.07) is 33.7. The molecule has 3 N–H and O–H groups in total. The zero-order valence-electron chi connectivity index (χ0n) is 24.1. The van der Waals surface area contributed by atoms with Crippen LogP contribution < -0.4 is 15.6 Å². The Morgan fingerprint density at radius 3 is 2.28 bits per heavy atom. The molecule has 2 atom stereocenters. The van der Waals surface area contributed by atoms with Crippen LogP contribution >= 0.6 is 15.9 Å². The molecular weight excluding hydrogens is 606 g/mol. The van der Waals surface area contributed by atoms with Crippen molar-refractivity contribution >= 4 is 27.7 Å². The van der Waals surface area contributed by atoms with E-state index in [2.05, 4.69) is 51.0 Å². The van der Waals surface area contributed by atoms with E-state index in [9.17, 15) is 4.79 Å². The number of hydrogen-bond donors (Lipinski definition) is 3. The predicted molar refractivity (Wildman–Crippen MR) is 173 cm³/mol. The number of nitrogens with one attached hydrogen (secondary N) is 2. The van der Waals surface area contributed by atoms with E-state index in [0.29, 0.717) is 37.6 Å². The average Bonchev–Trinajstić information content (AvgIpc) is 3.43. The van der Waals surface area contributed by atoms with Crippen molar-refractivity contribution in [2.45, 2.75) is 37.8 Å². The molecule has 0 saturated carbocycles. The van der Waals surface area contributed by atoms with Crippen molar-refractivity contribution < 1.29 is 19.4 Å². The smallest absolute Gasteiger partial charge is 0.266 e. The van der Waals surface area contributed by atoms with Crippen LogP contribution in [0.1, 0.15) is 42.6 Å². The quantitative estimate of drug-likeness (QED) is 0.116. The van der Waals surface area contributed by atoms with Crippen molar-refractivity contribution in [3.05, 3.63) is 124 Å². The van der Waals surface area contributed by atoms with Gasteiger partial charge in [-0.25, -0.2) is 10.4 Å². The lowest BCUT2D eigenvalue weighted by molar-refractivity contribution is -0.130. The first-order valence-electron chi connectivity index (χ1n) is 14.6. The lowest BCUT2D eigenvalue weighted by atomic mass is 9.82. The summed E-state index contributed by atoms with van der Waals surface area (Å²) in [5, 5.41) is 9.05. The van der Waals surface area contributed by atoms with Crippen LogP contribution in [0.25, 0.3) is 11.1 Å². The fraction of sp³-hybridized carbons (Fsp3) is 0.257. The Hall–Kier alpha value is -3.98. The predicted octanol–water partition coefficient (Wildman–Crippen LogP) is 6.41. The summed E-state index contributed by atoms with van der Waals surface area (Å²) in [4.78, 5) is 19.2. The van der Waals surface area contributed by atoms with Gasteiger partial charge in [0.15, 0.2) is 11.6 Å². The molecule has 7 nitrogen and oxygen atoms in total. The number of aliphatic hydroxyl groups is 1. The normalized spacial score (nSPS) is 17.7. The number of aliphatic imine (C=N–C) groups is 1. The second kappa shape index (κ2) is 14.5. The monoisotopic (exact) mass is 641 g/mol. The van der Waals surface area contributed by atoms with E-state index in [0.717, 1.165) is 38.7 Å². The number of carbonyl (C=O) groups excluding carboxylic acids is 1. The van der Waals surface area contributed by atoms with Gasteiger partial charge in [-0.05, 0) is 65.1 Å². The number of halogens is 1. The lowest BCUT2D eigenvalue weighted by Gasteiger charge is -2.31. The summed E-state index contributed by atoms with van der Waals surface area (Å²) in [5.41, 5.74) is 9.43. The topological polar surface area (TPSA) is 92.2 Å². The summed E-state index contributed by atoms with van der Waals surface area (Å²) in [5.74, 6) is 0.813. The fourth-order valence-corrected chi connectivity index (χ4v) is 5.32. The molecule has 0 aliphatic carbocycles. The van der Waals surface area contributed by atoms with Gasteiger partial charge in [0.2, 0.25) is 5.90 Å². The molecule has 1 heterocycles. The van der Waals surface area contributed by atoms with Gasteiger partial charge >= 0.3 is 0 Å². The van der Waals surface area contributed by atoms with Gasteiger partial charge in [-0.15, -0.1) is 0 Å². The highest BCUT2D eigenvalue weighted by atomic mass is 79.9. The van der Waals surface area contributed by atoms with E-state index >= 15 is 0 Å². The fourth-order valence-electron chi connectivity index (χ4n) is 5.05. The molecule has 0 spiro atoms. The Labute approximate surface area is 261 Å². The van der Waals surface area contributed by atoms with Gasteiger partial charge in [-0.3, -0.25) is 10.2 Å². The van der Waals surface area contributed by atoms with E-state index in [1.807, 2.05) is 85.8 Å². The molecule has 5 rings (SSSR count). The number of ether oxygens (including phenoxy) is 2. The number of hydrazine groups is 1. The molecule has 0 saturated heterocycles. The maximum Gasteiger partial charge on any atom is 0.266 e. The summed E-state index contributed by atoms with van der Waals surface area (Å²) in [6.07, 6.45) is 1.07. The Morgan fingerprint density at radius 2 is 1.60 bits per heavy atom. The van der Waals surface area contributed by atoms with E-state index < -0.39 is 11.6 Å². The number of amides is 1. The molecule has 0 bridgehead atoms. The van der Waals surface area contributed by atoms with E-state index in [-0.39, 0.29) is 12.5 Å². The van der Waals surface area contributed by atoms with E-state index in [1.54, 1.807) is 0 Å². The van der Waals surface area contributed by atoms with Crippen LogP contribution in [-0.4, -0.2) is 42.2 Å². The van der Waals surface area contributed by atoms with Crippen molar-refractivity contribution in [2.75, 3.05) is 19.8 Å². The maximum atomic E-state index is 14.2. The summed E-state index contributed by atoms with van der Waals surface area (Å²) in [7, 11) is 0. The van der Waals surface area contributed by atoms with E-state index in [4.69, 9.17) is 19.6 Å². The van der Waals surface area contributed by atoms with Crippen molar-refractivity contribution in [2.24, 2.45) is 4.99 Å². The van der Waals surface area contributed by atoms with Crippen molar-refractivity contribution in [3.63, 3.8) is 0 Å². The zero-order valence-corrected chi connectivity index (χ0v) is 25.7. The summed E-state index contributed by atoms with van der Waals surface area (Å²) >= 11 is 3.52. The molecule has 1 aliphatic heterocycles. The Morgan fingerprint density at radius 1 is 0.930 bits per heavy atom. The number of benzene rings is 4. The number of hydrogen-bond acceptors (Lipinski definition) is 6. The third-order valence-corrected chi connectivity index (χ3v) is 7.84. The van der Waals surface area contributed by atoms with Crippen LogP contribution in [0.2, 0.25) is 0 Å². The number of aliphatic hydroxyl groups excluding tert-OH is 1. The van der Waals surface area contributed by atoms with Crippen LogP contribution in [0.15, 0.2) is 113 Å². The highest BCUT2D eigenvalue weighted by molar-refractivity contribution is 9.10. The molecule has 0 fully saturated rings. The lowest BCUT2D eigenvalue weighted by Crippen LogP contribution is -2.54. The third kappa shape index (κ3) is 7.33. The van der Waals surface area contributed by atoms with Crippen molar-refractivity contribution in [1.82, 2.24) is 10.9 Å². The highest BCUT2D eigenvalue weighted by Gasteiger charge is 2.53. The number of nitrogens with zero attached hydrogens (tertiary/aromatic N) is 1. The molecule has 8 heteroatoms. The Kier molecular flexibility index (Phi) is 10.3. The first-order valence-corrected chi connectivity index (χ1v) is 15.4. The van der Waals surface area contributed by atoms with Gasteiger partial charge in [0.1, 0.15) is 5.75 Å². The summed E-state index contributed by atoms with van der Waals surface area (Å²) < 4.78 is 13.3. The van der Waals surface area contributed by atoms with Gasteiger partial charge < -0.3 is 14.6 Å². The van der Waals surface area contributed by atoms with Crippen molar-refractivity contribution in [1.29, 1.82) is 0 Å². The minimum atomic E-state index is -1.28. The second-order valence-electron chi connectivity index (χ2n) is 10.5. The Bertz CT molecular complexity index is 1510. The molecule has 222 valence electrons. The Balaban J connectivity index is 1.54. The minimum Gasteiger partial charge on any atom is -0.494 e.